The van der Waals surface area contributed by atoms with E-state index in [9.17, 15) is 18.0 Å². The third-order valence-corrected chi connectivity index (χ3v) is 7.05. The smallest absolute Gasteiger partial charge is 0.349 e. The first-order chi connectivity index (χ1) is 15.9. The summed E-state index contributed by atoms with van der Waals surface area (Å²) < 4.78 is 33.1. The molecule has 0 fully saturated rings. The number of nitrogens with zero attached hydrogens (tertiary/aromatic N) is 1. The maximum Gasteiger partial charge on any atom is 0.349 e. The van der Waals surface area contributed by atoms with Gasteiger partial charge in [0.15, 0.2) is 0 Å². The van der Waals surface area contributed by atoms with Crippen molar-refractivity contribution in [2.24, 2.45) is 0 Å². The van der Waals surface area contributed by atoms with Crippen LogP contribution >= 0.6 is 0 Å². The first kappa shape index (κ1) is 22.5. The van der Waals surface area contributed by atoms with Gasteiger partial charge >= 0.3 is 5.63 Å². The average molecular weight is 462 g/mol. The topological polar surface area (TPSA) is 84.7 Å². The number of aryl methyl sites for hydroxylation is 1. The highest BCUT2D eigenvalue weighted by Crippen LogP contribution is 2.27. The summed E-state index contributed by atoms with van der Waals surface area (Å²) in [4.78, 5) is 26.2. The Morgan fingerprint density at radius 2 is 1.58 bits per heavy atom. The van der Waals surface area contributed by atoms with Gasteiger partial charge in [-0.1, -0.05) is 61.9 Å². The molecular formula is C26H23NO5S. The monoisotopic (exact) mass is 461 g/mol. The molecule has 0 aliphatic rings. The van der Waals surface area contributed by atoms with E-state index in [1.165, 1.54) is 18.2 Å². The Bertz CT molecular complexity index is 1440. The van der Waals surface area contributed by atoms with Crippen LogP contribution in [0, 0.1) is 0 Å². The number of hydrogen-bond acceptors (Lipinski definition) is 5. The van der Waals surface area contributed by atoms with Crippen LogP contribution in [0.5, 0.6) is 0 Å². The molecule has 6 nitrogen and oxygen atoms in total. The van der Waals surface area contributed by atoms with Gasteiger partial charge in [0.2, 0.25) is 0 Å². The van der Waals surface area contributed by atoms with Gasteiger partial charge in [0.1, 0.15) is 11.1 Å². The first-order valence-electron chi connectivity index (χ1n) is 10.7. The Kier molecular flexibility index (Phi) is 6.42. The van der Waals surface area contributed by atoms with Crippen LogP contribution in [-0.2, 0) is 16.4 Å². The fourth-order valence-electron chi connectivity index (χ4n) is 3.56. The molecule has 0 N–H and O–H groups in total. The summed E-state index contributed by atoms with van der Waals surface area (Å²) in [6.45, 7) is 2.09. The van der Waals surface area contributed by atoms with Crippen molar-refractivity contribution in [2.75, 3.05) is 4.31 Å². The number of carbonyl (C=O) groups excluding carboxylic acids is 1. The molecule has 0 saturated heterocycles. The lowest BCUT2D eigenvalue weighted by molar-refractivity contribution is 0.100. The Morgan fingerprint density at radius 3 is 2.27 bits per heavy atom. The number of hydrogen-bond donors (Lipinski definition) is 0. The Balaban J connectivity index is 1.85. The highest BCUT2D eigenvalue weighted by molar-refractivity contribution is 7.93. The highest BCUT2D eigenvalue weighted by Gasteiger charge is 2.33. The van der Waals surface area contributed by atoms with Crippen LogP contribution in [-0.4, -0.2) is 14.3 Å². The summed E-state index contributed by atoms with van der Waals surface area (Å²) in [6.07, 6.45) is 2.89. The van der Waals surface area contributed by atoms with Crippen LogP contribution in [0.25, 0.3) is 11.0 Å². The molecule has 3 aromatic carbocycles. The normalized spacial score (nSPS) is 11.4. The molecule has 0 unspecified atom stereocenters. The molecule has 33 heavy (non-hydrogen) atoms. The van der Waals surface area contributed by atoms with Crippen LogP contribution in [0.3, 0.4) is 0 Å². The van der Waals surface area contributed by atoms with E-state index in [1.807, 2.05) is 0 Å². The lowest BCUT2D eigenvalue weighted by atomic mass is 10.1. The molecule has 4 aromatic rings. The van der Waals surface area contributed by atoms with Crippen molar-refractivity contribution in [3.63, 3.8) is 0 Å². The number of para-hydroxylation sites is 1. The number of amides is 1. The van der Waals surface area contributed by atoms with E-state index in [1.54, 1.807) is 66.7 Å². The molecular weight excluding hydrogens is 438 g/mol. The van der Waals surface area contributed by atoms with Gasteiger partial charge in [0.05, 0.1) is 10.6 Å². The van der Waals surface area contributed by atoms with Gasteiger partial charge in [-0.25, -0.2) is 13.2 Å². The van der Waals surface area contributed by atoms with Crippen molar-refractivity contribution < 1.29 is 17.6 Å². The number of carbonyl (C=O) groups is 1. The molecule has 0 atom stereocenters. The molecule has 0 aliphatic carbocycles. The largest absolute Gasteiger partial charge is 0.422 e. The van der Waals surface area contributed by atoms with E-state index in [4.69, 9.17) is 4.42 Å². The van der Waals surface area contributed by atoms with E-state index in [0.717, 1.165) is 24.8 Å². The maximum atomic E-state index is 13.6. The first-order valence-corrected chi connectivity index (χ1v) is 12.1. The number of benzene rings is 3. The van der Waals surface area contributed by atoms with Crippen LogP contribution < -0.4 is 9.93 Å². The lowest BCUT2D eigenvalue weighted by Crippen LogP contribution is -2.39. The SMILES string of the molecule is CCCCc1ccc(N(C(=O)c2cc3ccccc3oc2=O)S(=O)(=O)c2ccccc2)cc1. The third-order valence-electron chi connectivity index (χ3n) is 5.33. The molecule has 0 spiro atoms. The zero-order valence-electron chi connectivity index (χ0n) is 18.1. The highest BCUT2D eigenvalue weighted by atomic mass is 32.2. The second-order valence-electron chi connectivity index (χ2n) is 7.64. The van der Waals surface area contributed by atoms with Gasteiger partial charge in [-0.05, 0) is 54.8 Å². The average Bonchev–Trinajstić information content (AvgIpc) is 2.83. The van der Waals surface area contributed by atoms with Crippen molar-refractivity contribution >= 4 is 32.6 Å². The van der Waals surface area contributed by atoms with Crippen molar-refractivity contribution in [1.82, 2.24) is 0 Å². The van der Waals surface area contributed by atoms with Crippen LogP contribution in [0.4, 0.5) is 5.69 Å². The lowest BCUT2D eigenvalue weighted by Gasteiger charge is -2.22. The number of anilines is 1. The Hall–Kier alpha value is -3.71. The maximum absolute atomic E-state index is 13.6. The summed E-state index contributed by atoms with van der Waals surface area (Å²) in [5.41, 5.74) is 0.249. The summed E-state index contributed by atoms with van der Waals surface area (Å²) in [5, 5.41) is 0.521. The molecule has 1 heterocycles. The molecule has 0 radical (unpaired) electrons. The summed E-state index contributed by atoms with van der Waals surface area (Å²) in [5.74, 6) is -0.973. The molecule has 0 aliphatic heterocycles. The zero-order valence-corrected chi connectivity index (χ0v) is 18.9. The minimum atomic E-state index is -4.30. The molecule has 0 saturated carbocycles. The number of fused-ring (bicyclic) bond motifs is 1. The molecule has 0 bridgehead atoms. The van der Waals surface area contributed by atoms with Crippen molar-refractivity contribution in [1.29, 1.82) is 0 Å². The second kappa shape index (κ2) is 9.42. The Morgan fingerprint density at radius 1 is 0.909 bits per heavy atom. The van der Waals surface area contributed by atoms with E-state index < -0.39 is 21.6 Å². The van der Waals surface area contributed by atoms with E-state index in [0.29, 0.717) is 15.3 Å². The van der Waals surface area contributed by atoms with Crippen LogP contribution in [0.1, 0.15) is 35.7 Å². The van der Waals surface area contributed by atoms with Gasteiger partial charge in [0.25, 0.3) is 15.9 Å². The van der Waals surface area contributed by atoms with Crippen molar-refractivity contribution in [3.05, 3.63) is 106 Å². The van der Waals surface area contributed by atoms with Crippen molar-refractivity contribution in [2.45, 2.75) is 31.1 Å². The van der Waals surface area contributed by atoms with Gasteiger partial charge in [-0.15, -0.1) is 0 Å². The third kappa shape index (κ3) is 4.59. The number of sulfonamides is 1. The summed E-state index contributed by atoms with van der Waals surface area (Å²) >= 11 is 0. The number of unbranched alkanes of at least 4 members (excludes halogenated alkanes) is 1. The fraction of sp³-hybridized carbons (Fsp3) is 0.154. The minimum Gasteiger partial charge on any atom is -0.422 e. The van der Waals surface area contributed by atoms with Crippen LogP contribution in [0.15, 0.2) is 99.0 Å². The van der Waals surface area contributed by atoms with Gasteiger partial charge in [-0.3, -0.25) is 4.79 Å². The Labute approximate surface area is 192 Å². The van der Waals surface area contributed by atoms with E-state index >= 15 is 0 Å². The molecule has 1 amide bonds. The summed E-state index contributed by atoms with van der Waals surface area (Å²) in [6, 6.07) is 22.6. The predicted molar refractivity (Wildman–Crippen MR) is 128 cm³/mol. The molecule has 1 aromatic heterocycles. The molecule has 4 rings (SSSR count). The van der Waals surface area contributed by atoms with E-state index in [2.05, 4.69) is 6.92 Å². The minimum absolute atomic E-state index is 0.0569. The van der Waals surface area contributed by atoms with Gasteiger partial charge in [-0.2, -0.15) is 4.31 Å². The fourth-order valence-corrected chi connectivity index (χ4v) is 4.99. The van der Waals surface area contributed by atoms with Gasteiger partial charge in [0, 0.05) is 5.39 Å². The quantitative estimate of drug-likeness (QED) is 0.355. The predicted octanol–water partition coefficient (Wildman–Crippen LogP) is 5.17. The standard InChI is InChI=1S/C26H23NO5S/c1-2-3-9-19-14-16-21(17-15-19)27(33(30,31)22-11-5-4-6-12-22)25(28)23-18-20-10-7-8-13-24(20)32-26(23)29/h4-8,10-18H,2-3,9H2,1H3. The summed E-state index contributed by atoms with van der Waals surface area (Å²) in [7, 11) is -4.30. The van der Waals surface area contributed by atoms with Gasteiger partial charge < -0.3 is 4.42 Å². The van der Waals surface area contributed by atoms with Crippen molar-refractivity contribution in [3.8, 4) is 0 Å². The molecule has 168 valence electrons. The second-order valence-corrected chi connectivity index (χ2v) is 9.43. The number of rotatable bonds is 7. The van der Waals surface area contributed by atoms with E-state index in [-0.39, 0.29) is 16.1 Å². The molecule has 7 heteroatoms. The van der Waals surface area contributed by atoms with Crippen LogP contribution in [0.2, 0.25) is 0 Å². The zero-order chi connectivity index (χ0) is 23.4.